The summed E-state index contributed by atoms with van der Waals surface area (Å²) < 4.78 is 0. The average molecular weight is 346 g/mol. The topological polar surface area (TPSA) is 95.2 Å². The zero-order valence-electron chi connectivity index (χ0n) is 11.8. The third-order valence-electron chi connectivity index (χ3n) is 2.86. The molecule has 1 aliphatic rings. The number of halogens is 2. The van der Waals surface area contributed by atoms with Gasteiger partial charge in [-0.15, -0.1) is 0 Å². The zero-order chi connectivity index (χ0) is 15.9. The number of urea groups is 1. The highest BCUT2D eigenvalue weighted by Gasteiger charge is 2.23. The van der Waals surface area contributed by atoms with E-state index in [1.54, 1.807) is 6.07 Å². The minimum absolute atomic E-state index is 0.0275. The summed E-state index contributed by atoms with van der Waals surface area (Å²) in [6, 6.07) is 1.47. The smallest absolute Gasteiger partial charge is 0.315 e. The molecular formula is C13H17Cl2N5O2. The Hall–Kier alpha value is -1.73. The minimum Gasteiger partial charge on any atom is -0.367 e. The van der Waals surface area contributed by atoms with Gasteiger partial charge in [-0.1, -0.05) is 23.2 Å². The lowest BCUT2D eigenvalue weighted by molar-refractivity contribution is -0.120. The number of anilines is 1. The van der Waals surface area contributed by atoms with Crippen molar-refractivity contribution < 1.29 is 9.59 Å². The van der Waals surface area contributed by atoms with Crippen molar-refractivity contribution in [1.29, 1.82) is 0 Å². The molecule has 0 aliphatic heterocycles. The number of aromatic nitrogens is 1. The molecule has 0 bridgehead atoms. The van der Waals surface area contributed by atoms with E-state index in [0.717, 1.165) is 12.8 Å². The van der Waals surface area contributed by atoms with Crippen molar-refractivity contribution in [3.63, 3.8) is 0 Å². The van der Waals surface area contributed by atoms with Crippen LogP contribution in [0.4, 0.5) is 10.6 Å². The molecule has 1 aromatic heterocycles. The van der Waals surface area contributed by atoms with Crippen molar-refractivity contribution in [3.05, 3.63) is 22.3 Å². The van der Waals surface area contributed by atoms with E-state index < -0.39 is 6.03 Å². The highest BCUT2D eigenvalue weighted by atomic mass is 35.5. The summed E-state index contributed by atoms with van der Waals surface area (Å²) in [6.07, 6.45) is 3.52. The quantitative estimate of drug-likeness (QED) is 0.561. The van der Waals surface area contributed by atoms with Gasteiger partial charge in [0.05, 0.1) is 16.6 Å². The Balaban J connectivity index is 1.57. The van der Waals surface area contributed by atoms with Crippen LogP contribution >= 0.6 is 23.2 Å². The van der Waals surface area contributed by atoms with Gasteiger partial charge in [-0.25, -0.2) is 9.78 Å². The number of hydrogen-bond donors (Lipinski definition) is 4. The molecule has 1 saturated carbocycles. The van der Waals surface area contributed by atoms with Crippen LogP contribution in [-0.4, -0.2) is 42.6 Å². The van der Waals surface area contributed by atoms with E-state index in [0.29, 0.717) is 29.0 Å². The molecule has 1 fully saturated rings. The number of nitrogens with zero attached hydrogens (tertiary/aromatic N) is 1. The molecule has 0 saturated heterocycles. The Labute approximate surface area is 138 Å². The predicted molar refractivity (Wildman–Crippen MR) is 85.3 cm³/mol. The number of carbonyl (C=O) groups is 2. The van der Waals surface area contributed by atoms with Crippen LogP contribution in [0.5, 0.6) is 0 Å². The maximum atomic E-state index is 11.5. The van der Waals surface area contributed by atoms with Gasteiger partial charge in [0.1, 0.15) is 5.82 Å². The van der Waals surface area contributed by atoms with Crippen LogP contribution in [0, 0.1) is 0 Å². The second kappa shape index (κ2) is 8.05. The van der Waals surface area contributed by atoms with Crippen LogP contribution in [0.3, 0.4) is 0 Å². The zero-order valence-corrected chi connectivity index (χ0v) is 13.3. The van der Waals surface area contributed by atoms with E-state index in [2.05, 4.69) is 26.3 Å². The van der Waals surface area contributed by atoms with Crippen LogP contribution in [0.1, 0.15) is 12.8 Å². The average Bonchev–Trinajstić information content (AvgIpc) is 3.27. The van der Waals surface area contributed by atoms with E-state index in [9.17, 15) is 9.59 Å². The van der Waals surface area contributed by atoms with Crippen LogP contribution < -0.4 is 21.3 Å². The van der Waals surface area contributed by atoms with Crippen molar-refractivity contribution in [2.45, 2.75) is 18.9 Å². The fourth-order valence-electron chi connectivity index (χ4n) is 1.63. The molecule has 0 atom stereocenters. The first-order valence-electron chi connectivity index (χ1n) is 6.90. The normalized spacial score (nSPS) is 13.4. The number of carbonyl (C=O) groups excluding carboxylic acids is 2. The van der Waals surface area contributed by atoms with E-state index in [1.165, 1.54) is 6.20 Å². The number of amides is 3. The van der Waals surface area contributed by atoms with Crippen LogP contribution in [0.15, 0.2) is 12.3 Å². The molecule has 2 rings (SSSR count). The lowest BCUT2D eigenvalue weighted by Crippen LogP contribution is -2.43. The monoisotopic (exact) mass is 345 g/mol. The fourth-order valence-corrected chi connectivity index (χ4v) is 2.08. The summed E-state index contributed by atoms with van der Waals surface area (Å²) in [6.45, 7) is 0.771. The van der Waals surface area contributed by atoms with E-state index >= 15 is 0 Å². The molecule has 22 heavy (non-hydrogen) atoms. The maximum absolute atomic E-state index is 11.5. The molecule has 9 heteroatoms. The first-order chi connectivity index (χ1) is 10.5. The van der Waals surface area contributed by atoms with Gasteiger partial charge in [0.25, 0.3) is 0 Å². The molecule has 4 N–H and O–H groups in total. The Morgan fingerprint density at radius 3 is 2.68 bits per heavy atom. The molecule has 1 heterocycles. The number of nitrogens with one attached hydrogen (secondary N) is 4. The lowest BCUT2D eigenvalue weighted by atomic mass is 10.4. The summed E-state index contributed by atoms with van der Waals surface area (Å²) in [5.41, 5.74) is 0. The molecule has 0 aromatic carbocycles. The van der Waals surface area contributed by atoms with Crippen LogP contribution in [0.25, 0.3) is 0 Å². The van der Waals surface area contributed by atoms with Crippen molar-refractivity contribution in [3.8, 4) is 0 Å². The molecule has 0 radical (unpaired) electrons. The summed E-state index contributed by atoms with van der Waals surface area (Å²) in [5, 5.41) is 11.7. The van der Waals surface area contributed by atoms with E-state index in [4.69, 9.17) is 23.2 Å². The number of hydrogen-bond acceptors (Lipinski definition) is 4. The summed E-state index contributed by atoms with van der Waals surface area (Å²) >= 11 is 11.7. The van der Waals surface area contributed by atoms with Gasteiger partial charge in [0, 0.05) is 25.3 Å². The van der Waals surface area contributed by atoms with Gasteiger partial charge in [0.15, 0.2) is 0 Å². The lowest BCUT2D eigenvalue weighted by Gasteiger charge is -2.10. The Morgan fingerprint density at radius 2 is 2.00 bits per heavy atom. The highest BCUT2D eigenvalue weighted by Crippen LogP contribution is 2.22. The first kappa shape index (κ1) is 16.6. The van der Waals surface area contributed by atoms with E-state index in [-0.39, 0.29) is 18.5 Å². The molecule has 1 aliphatic carbocycles. The molecule has 3 amide bonds. The van der Waals surface area contributed by atoms with Crippen molar-refractivity contribution in [2.75, 3.05) is 25.0 Å². The SMILES string of the molecule is O=C(CNC(=O)NCCNc1ncc(Cl)cc1Cl)NC1CC1. The molecule has 7 nitrogen and oxygen atoms in total. The van der Waals surface area contributed by atoms with Crippen LogP contribution in [0.2, 0.25) is 10.0 Å². The highest BCUT2D eigenvalue weighted by molar-refractivity contribution is 6.35. The Morgan fingerprint density at radius 1 is 1.23 bits per heavy atom. The molecular weight excluding hydrogens is 329 g/mol. The third kappa shape index (κ3) is 5.95. The second-order valence-electron chi connectivity index (χ2n) is 4.86. The van der Waals surface area contributed by atoms with Crippen molar-refractivity contribution in [2.24, 2.45) is 0 Å². The van der Waals surface area contributed by atoms with Gasteiger partial charge in [0.2, 0.25) is 5.91 Å². The summed E-state index contributed by atoms with van der Waals surface area (Å²) in [4.78, 5) is 26.9. The van der Waals surface area contributed by atoms with Crippen molar-refractivity contribution >= 4 is 41.0 Å². The van der Waals surface area contributed by atoms with E-state index in [1.807, 2.05) is 0 Å². The molecule has 1 aromatic rings. The first-order valence-corrected chi connectivity index (χ1v) is 7.66. The van der Waals surface area contributed by atoms with Gasteiger partial charge in [-0.3, -0.25) is 4.79 Å². The van der Waals surface area contributed by atoms with Crippen molar-refractivity contribution in [1.82, 2.24) is 20.9 Å². The van der Waals surface area contributed by atoms with Crippen LogP contribution in [-0.2, 0) is 4.79 Å². The largest absolute Gasteiger partial charge is 0.367 e. The second-order valence-corrected chi connectivity index (χ2v) is 5.71. The summed E-state index contributed by atoms with van der Waals surface area (Å²) in [7, 11) is 0. The van der Waals surface area contributed by atoms with Gasteiger partial charge in [-0.2, -0.15) is 0 Å². The van der Waals surface area contributed by atoms with Gasteiger partial charge in [-0.05, 0) is 18.9 Å². The maximum Gasteiger partial charge on any atom is 0.315 e. The molecule has 0 unspecified atom stereocenters. The fraction of sp³-hybridized carbons (Fsp3) is 0.462. The predicted octanol–water partition coefficient (Wildman–Crippen LogP) is 1.38. The molecule has 120 valence electrons. The Bertz CT molecular complexity index is 551. The number of pyridine rings is 1. The standard InChI is InChI=1S/C13H17Cl2N5O2/c14-8-5-10(15)12(18-6-8)16-3-4-17-13(22)19-7-11(21)20-9-1-2-9/h5-6,9H,1-4,7H2,(H,16,18)(H,20,21)(H2,17,19,22). The third-order valence-corrected chi connectivity index (χ3v) is 3.36. The minimum atomic E-state index is -0.400. The van der Waals surface area contributed by atoms with Gasteiger partial charge >= 0.3 is 6.03 Å². The molecule has 0 spiro atoms. The Kier molecular flexibility index (Phi) is 6.09. The number of rotatable bonds is 7. The summed E-state index contributed by atoms with van der Waals surface area (Å²) in [5.74, 6) is 0.324. The van der Waals surface area contributed by atoms with Gasteiger partial charge < -0.3 is 21.3 Å².